The van der Waals surface area contributed by atoms with E-state index in [1.807, 2.05) is 68.4 Å². The van der Waals surface area contributed by atoms with E-state index in [0.29, 0.717) is 5.56 Å². The SMILES string of the molecule is Cc1ccc(NC(=O)c2ccc(-n3nncc3-c3ccc(Br)cc3)cc2)c(C)c1. The van der Waals surface area contributed by atoms with Crippen LogP contribution >= 0.6 is 15.9 Å². The van der Waals surface area contributed by atoms with Gasteiger partial charge in [-0.25, -0.2) is 4.68 Å². The minimum atomic E-state index is -0.143. The lowest BCUT2D eigenvalue weighted by Gasteiger charge is -2.10. The van der Waals surface area contributed by atoms with Crippen LogP contribution in [0.25, 0.3) is 16.9 Å². The molecule has 0 aliphatic rings. The molecular formula is C23H19BrN4O. The van der Waals surface area contributed by atoms with E-state index in [1.165, 1.54) is 5.56 Å². The van der Waals surface area contributed by atoms with E-state index in [2.05, 4.69) is 31.6 Å². The van der Waals surface area contributed by atoms with Crippen LogP contribution in [0.3, 0.4) is 0 Å². The number of halogens is 1. The zero-order chi connectivity index (χ0) is 20.4. The molecule has 29 heavy (non-hydrogen) atoms. The van der Waals surface area contributed by atoms with Crippen molar-refractivity contribution in [2.75, 3.05) is 5.32 Å². The number of anilines is 1. The molecule has 0 fully saturated rings. The normalized spacial score (nSPS) is 10.7. The molecule has 1 aromatic heterocycles. The first-order valence-electron chi connectivity index (χ1n) is 9.17. The first-order chi connectivity index (χ1) is 14.0. The second-order valence-corrected chi connectivity index (χ2v) is 7.77. The van der Waals surface area contributed by atoms with Crippen LogP contribution in [0.4, 0.5) is 5.69 Å². The van der Waals surface area contributed by atoms with Crippen LogP contribution in [0.2, 0.25) is 0 Å². The Balaban J connectivity index is 1.56. The van der Waals surface area contributed by atoms with E-state index in [1.54, 1.807) is 23.0 Å². The van der Waals surface area contributed by atoms with Crippen LogP contribution in [0.15, 0.2) is 77.4 Å². The average Bonchev–Trinajstić information content (AvgIpc) is 3.20. The Morgan fingerprint density at radius 1 is 0.966 bits per heavy atom. The number of carbonyl (C=O) groups excluding carboxylic acids is 1. The molecule has 0 atom stereocenters. The first-order valence-corrected chi connectivity index (χ1v) is 9.96. The van der Waals surface area contributed by atoms with Gasteiger partial charge in [-0.3, -0.25) is 4.79 Å². The van der Waals surface area contributed by atoms with Crippen LogP contribution in [-0.4, -0.2) is 20.9 Å². The van der Waals surface area contributed by atoms with E-state index in [9.17, 15) is 4.79 Å². The zero-order valence-electron chi connectivity index (χ0n) is 16.1. The largest absolute Gasteiger partial charge is 0.322 e. The van der Waals surface area contributed by atoms with Crippen molar-refractivity contribution in [1.29, 1.82) is 0 Å². The molecular weight excluding hydrogens is 428 g/mol. The summed E-state index contributed by atoms with van der Waals surface area (Å²) in [6.45, 7) is 4.02. The van der Waals surface area contributed by atoms with Gasteiger partial charge >= 0.3 is 0 Å². The molecule has 6 heteroatoms. The van der Waals surface area contributed by atoms with Crippen molar-refractivity contribution in [2.45, 2.75) is 13.8 Å². The molecule has 4 rings (SSSR count). The van der Waals surface area contributed by atoms with Gasteiger partial charge in [-0.1, -0.05) is 51.0 Å². The van der Waals surface area contributed by atoms with Crippen molar-refractivity contribution in [1.82, 2.24) is 15.0 Å². The maximum atomic E-state index is 12.6. The lowest BCUT2D eigenvalue weighted by molar-refractivity contribution is 0.102. The minimum absolute atomic E-state index is 0.143. The maximum Gasteiger partial charge on any atom is 0.255 e. The highest BCUT2D eigenvalue weighted by Gasteiger charge is 2.11. The summed E-state index contributed by atoms with van der Waals surface area (Å²) in [4.78, 5) is 12.6. The summed E-state index contributed by atoms with van der Waals surface area (Å²) in [6, 6.07) is 21.3. The van der Waals surface area contributed by atoms with Crippen molar-refractivity contribution in [3.63, 3.8) is 0 Å². The average molecular weight is 447 g/mol. The predicted octanol–water partition coefficient (Wildman–Crippen LogP) is 5.57. The number of nitrogens with one attached hydrogen (secondary N) is 1. The number of rotatable bonds is 4. The number of hydrogen-bond donors (Lipinski definition) is 1. The number of benzene rings is 3. The van der Waals surface area contributed by atoms with Gasteiger partial charge in [-0.15, -0.1) is 5.10 Å². The third-order valence-corrected chi connectivity index (χ3v) is 5.22. The molecule has 0 radical (unpaired) electrons. The van der Waals surface area contributed by atoms with Crippen molar-refractivity contribution in [3.05, 3.63) is 94.1 Å². The zero-order valence-corrected chi connectivity index (χ0v) is 17.6. The van der Waals surface area contributed by atoms with Crippen molar-refractivity contribution < 1.29 is 4.79 Å². The van der Waals surface area contributed by atoms with Gasteiger partial charge in [0.15, 0.2) is 0 Å². The Bertz CT molecular complexity index is 1160. The van der Waals surface area contributed by atoms with Crippen molar-refractivity contribution >= 4 is 27.5 Å². The van der Waals surface area contributed by atoms with Gasteiger partial charge in [0.25, 0.3) is 5.91 Å². The number of aryl methyl sites for hydroxylation is 2. The lowest BCUT2D eigenvalue weighted by atomic mass is 10.1. The van der Waals surface area contributed by atoms with Gasteiger partial charge in [0.2, 0.25) is 0 Å². The molecule has 3 aromatic carbocycles. The Kier molecular flexibility index (Phi) is 5.27. The number of carbonyl (C=O) groups is 1. The molecule has 144 valence electrons. The Labute approximate surface area is 177 Å². The van der Waals surface area contributed by atoms with E-state index in [-0.39, 0.29) is 5.91 Å². The van der Waals surface area contributed by atoms with Gasteiger partial charge < -0.3 is 5.32 Å². The monoisotopic (exact) mass is 446 g/mol. The minimum Gasteiger partial charge on any atom is -0.322 e. The molecule has 5 nitrogen and oxygen atoms in total. The first kappa shape index (κ1) is 19.1. The summed E-state index contributed by atoms with van der Waals surface area (Å²) in [7, 11) is 0. The fourth-order valence-corrected chi connectivity index (χ4v) is 3.41. The van der Waals surface area contributed by atoms with E-state index >= 15 is 0 Å². The summed E-state index contributed by atoms with van der Waals surface area (Å²) in [5, 5.41) is 11.2. The number of amides is 1. The quantitative estimate of drug-likeness (QED) is 0.445. The third kappa shape index (κ3) is 4.12. The Morgan fingerprint density at radius 2 is 1.69 bits per heavy atom. The van der Waals surface area contributed by atoms with Gasteiger partial charge in [-0.2, -0.15) is 0 Å². The lowest BCUT2D eigenvalue weighted by Crippen LogP contribution is -2.13. The fraction of sp³-hybridized carbons (Fsp3) is 0.0870. The molecule has 0 saturated heterocycles. The Morgan fingerprint density at radius 3 is 2.38 bits per heavy atom. The number of nitrogens with zero attached hydrogens (tertiary/aromatic N) is 3. The number of aromatic nitrogens is 3. The maximum absolute atomic E-state index is 12.6. The topological polar surface area (TPSA) is 59.8 Å². The molecule has 0 aliphatic heterocycles. The molecule has 1 heterocycles. The van der Waals surface area contributed by atoms with Crippen LogP contribution in [0.1, 0.15) is 21.5 Å². The van der Waals surface area contributed by atoms with Gasteiger partial charge in [0.1, 0.15) is 0 Å². The van der Waals surface area contributed by atoms with Crippen LogP contribution in [0, 0.1) is 13.8 Å². The molecule has 0 unspecified atom stereocenters. The highest BCUT2D eigenvalue weighted by Crippen LogP contribution is 2.24. The van der Waals surface area contributed by atoms with Crippen LogP contribution in [0.5, 0.6) is 0 Å². The van der Waals surface area contributed by atoms with E-state index in [4.69, 9.17) is 0 Å². The molecule has 4 aromatic rings. The summed E-state index contributed by atoms with van der Waals surface area (Å²) in [6.07, 6.45) is 1.73. The molecule has 1 N–H and O–H groups in total. The standard InChI is InChI=1S/C23H19BrN4O/c1-15-3-12-21(16(2)13-15)26-23(29)18-6-10-20(11-7-18)28-22(14-25-27-28)17-4-8-19(24)9-5-17/h3-14H,1-2H3,(H,26,29). The molecule has 0 bridgehead atoms. The predicted molar refractivity (Wildman–Crippen MR) is 118 cm³/mol. The molecule has 0 saturated carbocycles. The van der Waals surface area contributed by atoms with E-state index < -0.39 is 0 Å². The second-order valence-electron chi connectivity index (χ2n) is 6.86. The second kappa shape index (κ2) is 8.01. The Hall–Kier alpha value is -3.25. The van der Waals surface area contributed by atoms with Gasteiger partial charge in [0.05, 0.1) is 17.6 Å². The van der Waals surface area contributed by atoms with Gasteiger partial charge in [0, 0.05) is 21.3 Å². The van der Waals surface area contributed by atoms with E-state index in [0.717, 1.165) is 32.7 Å². The third-order valence-electron chi connectivity index (χ3n) is 4.69. The molecule has 1 amide bonds. The van der Waals surface area contributed by atoms with Gasteiger partial charge in [-0.05, 0) is 61.9 Å². The summed E-state index contributed by atoms with van der Waals surface area (Å²) < 4.78 is 2.77. The summed E-state index contributed by atoms with van der Waals surface area (Å²) in [5.41, 5.74) is 6.33. The van der Waals surface area contributed by atoms with Crippen LogP contribution < -0.4 is 5.32 Å². The highest BCUT2D eigenvalue weighted by molar-refractivity contribution is 9.10. The smallest absolute Gasteiger partial charge is 0.255 e. The fourth-order valence-electron chi connectivity index (χ4n) is 3.15. The van der Waals surface area contributed by atoms with Crippen LogP contribution in [-0.2, 0) is 0 Å². The molecule has 0 aliphatic carbocycles. The van der Waals surface area contributed by atoms with Crippen molar-refractivity contribution in [2.24, 2.45) is 0 Å². The summed E-state index contributed by atoms with van der Waals surface area (Å²) >= 11 is 3.45. The number of hydrogen-bond acceptors (Lipinski definition) is 3. The highest BCUT2D eigenvalue weighted by atomic mass is 79.9. The van der Waals surface area contributed by atoms with Crippen molar-refractivity contribution in [3.8, 4) is 16.9 Å². The molecule has 0 spiro atoms. The summed E-state index contributed by atoms with van der Waals surface area (Å²) in [5.74, 6) is -0.143.